The molecular weight excluding hydrogens is 303 g/mol. The Bertz CT molecular complexity index is 594. The molecule has 0 aliphatic heterocycles. The molecule has 1 aromatic rings. The molecule has 1 aromatic carbocycles. The molecule has 0 aromatic heterocycles. The first-order chi connectivity index (χ1) is 8.33. The van der Waals surface area contributed by atoms with Crippen molar-refractivity contribution in [2.45, 2.75) is 4.90 Å². The number of carbonyl (C=O) groups is 2. The Balaban J connectivity index is 0.00000324. The summed E-state index contributed by atoms with van der Waals surface area (Å²) >= 11 is 0. The molecule has 0 N–H and O–H groups in total. The molecule has 0 atom stereocenters. The number of ether oxygens (including phenoxy) is 1. The van der Waals surface area contributed by atoms with Gasteiger partial charge in [0, 0.05) is 5.56 Å². The molecule has 0 saturated carbocycles. The van der Waals surface area contributed by atoms with Gasteiger partial charge in [-0.1, -0.05) is 0 Å². The van der Waals surface area contributed by atoms with Crippen LogP contribution in [0.1, 0.15) is 20.7 Å². The zero-order valence-corrected chi connectivity index (χ0v) is 14.4. The number of hydrogen-bond donors (Lipinski definition) is 0. The van der Waals surface area contributed by atoms with E-state index < -0.39 is 32.5 Å². The van der Waals surface area contributed by atoms with Gasteiger partial charge < -0.3 is 14.6 Å². The van der Waals surface area contributed by atoms with Crippen molar-refractivity contribution >= 4 is 22.1 Å². The number of carboxylic acids is 1. The molecule has 9 heteroatoms. The van der Waals surface area contributed by atoms with Gasteiger partial charge in [-0.3, -0.25) is 4.18 Å². The van der Waals surface area contributed by atoms with Crippen LogP contribution < -0.4 is 56.5 Å². The van der Waals surface area contributed by atoms with Crippen LogP contribution in [-0.4, -0.2) is 34.6 Å². The van der Waals surface area contributed by atoms with Gasteiger partial charge in [0.25, 0.3) is 10.1 Å². The smallest absolute Gasteiger partial charge is 0.545 e. The van der Waals surface area contributed by atoms with Gasteiger partial charge in [-0.15, -0.1) is 0 Å². The Labute approximate surface area is 152 Å². The summed E-state index contributed by atoms with van der Waals surface area (Å²) in [5, 5.41) is 10.9. The van der Waals surface area contributed by atoms with E-state index in [4.69, 9.17) is 0 Å². The Morgan fingerprint density at radius 2 is 1.79 bits per heavy atom. The number of esters is 1. The molecular formula is C10H9KO7S. The van der Waals surface area contributed by atoms with Crippen LogP contribution in [0.25, 0.3) is 0 Å². The number of hydrogen-bond acceptors (Lipinski definition) is 7. The minimum absolute atomic E-state index is 0. The number of carbonyl (C=O) groups excluding carboxylic acids is 2. The number of carboxylic acid groups (broad SMARTS) is 1. The fourth-order valence-corrected chi connectivity index (χ4v) is 2.07. The third-order valence-electron chi connectivity index (χ3n) is 2.11. The Morgan fingerprint density at radius 3 is 2.21 bits per heavy atom. The number of methoxy groups -OCH3 is 1. The van der Waals surface area contributed by atoms with Crippen LogP contribution in [0.15, 0.2) is 23.1 Å². The van der Waals surface area contributed by atoms with Crippen molar-refractivity contribution in [3.8, 4) is 0 Å². The van der Waals surface area contributed by atoms with E-state index >= 15 is 0 Å². The number of aromatic carboxylic acids is 1. The van der Waals surface area contributed by atoms with Gasteiger partial charge in [-0.05, 0) is 18.2 Å². The SMILES string of the molecule is COC(=O)c1ccc(S(=O)(=O)OC)c(C(=O)[O-])c1.[K+]. The topological polar surface area (TPSA) is 110 Å². The summed E-state index contributed by atoms with van der Waals surface area (Å²) in [5.74, 6) is -2.53. The van der Waals surface area contributed by atoms with E-state index in [0.29, 0.717) is 0 Å². The van der Waals surface area contributed by atoms with Crippen molar-refractivity contribution in [3.63, 3.8) is 0 Å². The van der Waals surface area contributed by atoms with Crippen LogP contribution in [0.4, 0.5) is 0 Å². The van der Waals surface area contributed by atoms with E-state index in [1.807, 2.05) is 0 Å². The Hall–Kier alpha value is -0.294. The second kappa shape index (κ2) is 7.48. The molecule has 7 nitrogen and oxygen atoms in total. The monoisotopic (exact) mass is 312 g/mol. The Kier molecular flexibility index (Phi) is 7.36. The van der Waals surface area contributed by atoms with Gasteiger partial charge >= 0.3 is 57.4 Å². The van der Waals surface area contributed by atoms with E-state index in [1.165, 1.54) is 0 Å². The van der Waals surface area contributed by atoms with Gasteiger partial charge in [0.2, 0.25) is 0 Å². The maximum atomic E-state index is 11.4. The van der Waals surface area contributed by atoms with E-state index in [1.54, 1.807) is 0 Å². The first-order valence-electron chi connectivity index (χ1n) is 4.58. The fraction of sp³-hybridized carbons (Fsp3) is 0.200. The summed E-state index contributed by atoms with van der Waals surface area (Å²) in [4.78, 5) is 21.5. The van der Waals surface area contributed by atoms with Crippen molar-refractivity contribution in [1.82, 2.24) is 0 Å². The zero-order valence-electron chi connectivity index (χ0n) is 10.5. The Morgan fingerprint density at radius 1 is 1.21 bits per heavy atom. The van der Waals surface area contributed by atoms with Crippen LogP contribution in [0.2, 0.25) is 0 Å². The van der Waals surface area contributed by atoms with E-state index in [2.05, 4.69) is 8.92 Å². The zero-order chi connectivity index (χ0) is 13.9. The quantitative estimate of drug-likeness (QED) is 0.318. The van der Waals surface area contributed by atoms with Crippen LogP contribution in [-0.2, 0) is 19.0 Å². The largest absolute Gasteiger partial charge is 1.00 e. The van der Waals surface area contributed by atoms with Gasteiger partial charge in [0.05, 0.1) is 25.8 Å². The van der Waals surface area contributed by atoms with Crippen LogP contribution in [0, 0.1) is 0 Å². The summed E-state index contributed by atoms with van der Waals surface area (Å²) in [6.07, 6.45) is 0. The van der Waals surface area contributed by atoms with Crippen LogP contribution >= 0.6 is 0 Å². The molecule has 1 rings (SSSR count). The molecule has 0 aliphatic rings. The molecule has 0 amide bonds. The minimum atomic E-state index is -4.20. The van der Waals surface area contributed by atoms with E-state index in [0.717, 1.165) is 32.4 Å². The minimum Gasteiger partial charge on any atom is -0.545 e. The second-order valence-electron chi connectivity index (χ2n) is 3.11. The van der Waals surface area contributed by atoms with Crippen molar-refractivity contribution < 1.29 is 83.4 Å². The van der Waals surface area contributed by atoms with Crippen molar-refractivity contribution in [2.75, 3.05) is 14.2 Å². The van der Waals surface area contributed by atoms with Gasteiger partial charge in [-0.25, -0.2) is 4.79 Å². The summed E-state index contributed by atoms with van der Waals surface area (Å²) in [6, 6.07) is 2.91. The molecule has 0 bridgehead atoms. The van der Waals surface area contributed by atoms with E-state index in [9.17, 15) is 23.1 Å². The molecule has 19 heavy (non-hydrogen) atoms. The number of rotatable bonds is 4. The van der Waals surface area contributed by atoms with Crippen LogP contribution in [0.3, 0.4) is 0 Å². The van der Waals surface area contributed by atoms with Crippen molar-refractivity contribution in [2.24, 2.45) is 0 Å². The molecule has 98 valence electrons. The predicted molar refractivity (Wildman–Crippen MR) is 56.3 cm³/mol. The summed E-state index contributed by atoms with van der Waals surface area (Å²) in [7, 11) is -2.19. The van der Waals surface area contributed by atoms with Crippen LogP contribution in [0.5, 0.6) is 0 Å². The third kappa shape index (κ3) is 4.34. The average molecular weight is 312 g/mol. The molecule has 0 unspecified atom stereocenters. The molecule has 0 heterocycles. The van der Waals surface area contributed by atoms with Gasteiger partial charge in [0.1, 0.15) is 4.90 Å². The van der Waals surface area contributed by atoms with Crippen molar-refractivity contribution in [3.05, 3.63) is 29.3 Å². The molecule has 0 radical (unpaired) electrons. The molecule has 0 aliphatic carbocycles. The molecule has 0 fully saturated rings. The van der Waals surface area contributed by atoms with E-state index in [-0.39, 0.29) is 56.9 Å². The average Bonchev–Trinajstić information content (AvgIpc) is 2.36. The summed E-state index contributed by atoms with van der Waals surface area (Å²) < 4.78 is 31.5. The predicted octanol–water partition coefficient (Wildman–Crippen LogP) is -3.82. The molecule has 0 saturated heterocycles. The van der Waals surface area contributed by atoms with Crippen molar-refractivity contribution in [1.29, 1.82) is 0 Å². The maximum absolute atomic E-state index is 11.4. The fourth-order valence-electron chi connectivity index (χ4n) is 1.24. The standard InChI is InChI=1S/C10H10O7S.K/c1-16-10(13)6-3-4-8(18(14,15)17-2)7(5-6)9(11)12;/h3-5H,1-2H3,(H,11,12);/q;+1/p-1. The molecule has 0 spiro atoms. The number of benzene rings is 1. The van der Waals surface area contributed by atoms with Gasteiger partial charge in [-0.2, -0.15) is 8.42 Å². The first-order valence-corrected chi connectivity index (χ1v) is 5.98. The second-order valence-corrected chi connectivity index (χ2v) is 4.79. The first kappa shape index (κ1) is 18.7. The third-order valence-corrected chi connectivity index (χ3v) is 3.44. The summed E-state index contributed by atoms with van der Waals surface area (Å²) in [5.41, 5.74) is -0.772. The maximum Gasteiger partial charge on any atom is 1.00 e. The van der Waals surface area contributed by atoms with Gasteiger partial charge in [0.15, 0.2) is 0 Å². The summed E-state index contributed by atoms with van der Waals surface area (Å²) in [6.45, 7) is 0. The normalized spacial score (nSPS) is 10.4.